The fraction of sp³-hybridized carbons (Fsp3) is 0.538. The molecule has 0 aromatic heterocycles. The number of benzene rings is 1. The van der Waals surface area contributed by atoms with Crippen molar-refractivity contribution in [2.45, 2.75) is 71.2 Å². The maximum atomic E-state index is 13.3. The molecule has 3 rings (SSSR count). The average Bonchev–Trinajstić information content (AvgIpc) is 2.78. The topological polar surface area (TPSA) is 132 Å². The van der Waals surface area contributed by atoms with Crippen LogP contribution in [0.1, 0.15) is 46.6 Å². The van der Waals surface area contributed by atoms with Gasteiger partial charge in [0.05, 0.1) is 7.11 Å². The predicted octanol–water partition coefficient (Wildman–Crippen LogP) is 2.26. The van der Waals surface area contributed by atoms with Crippen molar-refractivity contribution < 1.29 is 33.4 Å². The van der Waals surface area contributed by atoms with Crippen molar-refractivity contribution in [3.05, 3.63) is 42.0 Å². The molecule has 10 heteroatoms. The highest BCUT2D eigenvalue weighted by Crippen LogP contribution is 2.15. The van der Waals surface area contributed by atoms with Gasteiger partial charge in [0.1, 0.15) is 36.1 Å². The van der Waals surface area contributed by atoms with E-state index in [0.717, 1.165) is 5.56 Å². The number of hydrogen-bond acceptors (Lipinski definition) is 7. The molecule has 2 aliphatic heterocycles. The van der Waals surface area contributed by atoms with Crippen LogP contribution in [0.4, 0.5) is 4.79 Å². The van der Waals surface area contributed by atoms with Crippen LogP contribution in [0.3, 0.4) is 0 Å². The fourth-order valence-corrected chi connectivity index (χ4v) is 3.49. The number of esters is 1. The van der Waals surface area contributed by atoms with E-state index in [1.165, 1.54) is 13.2 Å². The second-order valence-electron chi connectivity index (χ2n) is 9.99. The lowest BCUT2D eigenvalue weighted by atomic mass is 10.0. The van der Waals surface area contributed by atoms with Gasteiger partial charge in [0.15, 0.2) is 0 Å². The Bertz CT molecular complexity index is 951. The minimum atomic E-state index is -1.07. The molecule has 198 valence electrons. The van der Waals surface area contributed by atoms with Crippen LogP contribution in [0.5, 0.6) is 5.75 Å². The molecule has 2 bridgehead atoms. The molecule has 1 aromatic carbocycles. The third-order valence-electron chi connectivity index (χ3n) is 5.14. The van der Waals surface area contributed by atoms with Crippen molar-refractivity contribution >= 4 is 23.9 Å². The van der Waals surface area contributed by atoms with E-state index in [-0.39, 0.29) is 18.9 Å². The van der Waals surface area contributed by atoms with Crippen LogP contribution in [0.25, 0.3) is 0 Å². The van der Waals surface area contributed by atoms with Crippen molar-refractivity contribution in [3.63, 3.8) is 0 Å². The number of alkyl carbamates (subject to hydrolysis) is 1. The molecule has 0 saturated heterocycles. The first-order chi connectivity index (χ1) is 16.9. The first-order valence-corrected chi connectivity index (χ1v) is 11.9. The zero-order valence-corrected chi connectivity index (χ0v) is 21.8. The summed E-state index contributed by atoms with van der Waals surface area (Å²) in [5, 5.41) is 7.98. The quantitative estimate of drug-likeness (QED) is 0.424. The third kappa shape index (κ3) is 9.59. The smallest absolute Gasteiger partial charge is 0.408 e. The number of methoxy groups -OCH3 is 1. The first kappa shape index (κ1) is 28.7. The lowest BCUT2D eigenvalue weighted by Gasteiger charge is -2.26. The summed E-state index contributed by atoms with van der Waals surface area (Å²) in [7, 11) is 1.22. The molecule has 1 unspecified atom stereocenters. The Morgan fingerprint density at radius 1 is 1.11 bits per heavy atom. The van der Waals surface area contributed by atoms with Crippen LogP contribution in [0.15, 0.2) is 36.4 Å². The Morgan fingerprint density at radius 2 is 1.78 bits per heavy atom. The lowest BCUT2D eigenvalue weighted by molar-refractivity contribution is -0.144. The molecule has 1 aromatic rings. The molecule has 0 saturated carbocycles. The van der Waals surface area contributed by atoms with E-state index < -0.39 is 47.6 Å². The number of fused-ring (bicyclic) bond motifs is 12. The van der Waals surface area contributed by atoms with E-state index in [0.29, 0.717) is 12.2 Å². The standard InChI is InChI=1S/C26H37N3O7/c1-16(2)14-20-22(30)27-19(24(32)34-6)8-7-13-35-18-11-9-17(10-12-18)15-21(23(31)28-20)29-25(33)36-26(3,4)5/h7-12,16,19-21H,13-15H2,1-6H3,(H,27,30)(H,28,31)(H,29,33)/t19?,20-,21-/m0/s1. The van der Waals surface area contributed by atoms with Gasteiger partial charge in [-0.15, -0.1) is 0 Å². The Kier molecular flexibility index (Phi) is 10.3. The van der Waals surface area contributed by atoms with Crippen molar-refractivity contribution in [1.29, 1.82) is 0 Å². The summed E-state index contributed by atoms with van der Waals surface area (Å²) < 4.78 is 15.8. The average molecular weight is 504 g/mol. The molecule has 2 aliphatic rings. The molecule has 10 nitrogen and oxygen atoms in total. The number of amides is 3. The van der Waals surface area contributed by atoms with Gasteiger partial charge in [0.25, 0.3) is 0 Å². The van der Waals surface area contributed by atoms with E-state index >= 15 is 0 Å². The number of ether oxygens (including phenoxy) is 3. The molecule has 0 spiro atoms. The van der Waals surface area contributed by atoms with E-state index in [1.807, 2.05) is 13.8 Å². The third-order valence-corrected chi connectivity index (χ3v) is 5.14. The number of rotatable bonds is 4. The molecule has 36 heavy (non-hydrogen) atoms. The summed E-state index contributed by atoms with van der Waals surface area (Å²) >= 11 is 0. The minimum Gasteiger partial charge on any atom is -0.490 e. The summed E-state index contributed by atoms with van der Waals surface area (Å²) in [6.45, 7) is 9.15. The lowest BCUT2D eigenvalue weighted by Crippen LogP contribution is -2.56. The van der Waals surface area contributed by atoms with Gasteiger partial charge in [-0.25, -0.2) is 9.59 Å². The number of nitrogens with one attached hydrogen (secondary N) is 3. The van der Waals surface area contributed by atoms with Crippen LogP contribution in [0, 0.1) is 5.92 Å². The van der Waals surface area contributed by atoms with E-state index in [1.54, 1.807) is 51.1 Å². The Hall–Kier alpha value is -3.56. The van der Waals surface area contributed by atoms with Crippen molar-refractivity contribution in [2.75, 3.05) is 13.7 Å². The second-order valence-corrected chi connectivity index (χ2v) is 9.99. The van der Waals surface area contributed by atoms with Gasteiger partial charge in [-0.1, -0.05) is 32.1 Å². The molecular formula is C26H37N3O7. The molecular weight excluding hydrogens is 466 g/mol. The maximum absolute atomic E-state index is 13.3. The van der Waals surface area contributed by atoms with Crippen LogP contribution in [-0.2, 0) is 30.3 Å². The van der Waals surface area contributed by atoms with Crippen LogP contribution in [-0.4, -0.2) is 61.3 Å². The predicted molar refractivity (Wildman–Crippen MR) is 133 cm³/mol. The summed E-state index contributed by atoms with van der Waals surface area (Å²) in [4.78, 5) is 51.2. The zero-order chi connectivity index (χ0) is 26.9. The SMILES string of the molecule is COC(=O)C1C=CCOc2ccc(cc2)C[C@H](NC(=O)OC(C)(C)C)C(=O)N[C@@H](CC(C)C)C(=O)N1. The van der Waals surface area contributed by atoms with Crippen LogP contribution < -0.4 is 20.7 Å². The molecule has 0 radical (unpaired) electrons. The molecule has 0 aliphatic carbocycles. The normalized spacial score (nSPS) is 21.2. The van der Waals surface area contributed by atoms with E-state index in [2.05, 4.69) is 16.0 Å². The van der Waals surface area contributed by atoms with Gasteiger partial charge >= 0.3 is 12.1 Å². The monoisotopic (exact) mass is 503 g/mol. The highest BCUT2D eigenvalue weighted by atomic mass is 16.6. The van der Waals surface area contributed by atoms with Gasteiger partial charge < -0.3 is 30.2 Å². The maximum Gasteiger partial charge on any atom is 0.408 e. The van der Waals surface area contributed by atoms with Gasteiger partial charge in [-0.2, -0.15) is 0 Å². The Labute approximate surface area is 212 Å². The molecule has 2 heterocycles. The highest BCUT2D eigenvalue weighted by molar-refractivity contribution is 5.93. The van der Waals surface area contributed by atoms with Crippen molar-refractivity contribution in [3.8, 4) is 5.75 Å². The van der Waals surface area contributed by atoms with Crippen LogP contribution in [0.2, 0.25) is 0 Å². The fourth-order valence-electron chi connectivity index (χ4n) is 3.49. The van der Waals surface area contributed by atoms with Crippen molar-refractivity contribution in [2.24, 2.45) is 5.92 Å². The second kappa shape index (κ2) is 12.9. The Balaban J connectivity index is 2.40. The van der Waals surface area contributed by atoms with Gasteiger partial charge in [0, 0.05) is 6.42 Å². The van der Waals surface area contributed by atoms with Crippen LogP contribution >= 0.6 is 0 Å². The summed E-state index contributed by atoms with van der Waals surface area (Å²) in [6, 6.07) is 4.04. The Morgan fingerprint density at radius 3 is 2.36 bits per heavy atom. The van der Waals surface area contributed by atoms with Gasteiger partial charge in [0.2, 0.25) is 11.8 Å². The first-order valence-electron chi connectivity index (χ1n) is 11.9. The summed E-state index contributed by atoms with van der Waals surface area (Å²) in [5.41, 5.74) is 0.0192. The number of hydrogen-bond donors (Lipinski definition) is 3. The van der Waals surface area contributed by atoms with E-state index in [4.69, 9.17) is 14.2 Å². The number of carbonyl (C=O) groups is 4. The van der Waals surface area contributed by atoms with E-state index in [9.17, 15) is 19.2 Å². The molecule has 3 amide bonds. The zero-order valence-electron chi connectivity index (χ0n) is 21.8. The number of carbonyl (C=O) groups excluding carboxylic acids is 4. The van der Waals surface area contributed by atoms with Gasteiger partial charge in [-0.3, -0.25) is 9.59 Å². The minimum absolute atomic E-state index is 0.0528. The largest absolute Gasteiger partial charge is 0.490 e. The molecule has 3 N–H and O–H groups in total. The molecule has 0 fully saturated rings. The summed E-state index contributed by atoms with van der Waals surface area (Å²) in [6.07, 6.45) is 2.81. The van der Waals surface area contributed by atoms with Crippen molar-refractivity contribution in [1.82, 2.24) is 16.0 Å². The highest BCUT2D eigenvalue weighted by Gasteiger charge is 2.31. The summed E-state index contributed by atoms with van der Waals surface area (Å²) in [5.74, 6) is -1.14. The molecule has 3 atom stereocenters. The van der Waals surface area contributed by atoms with Gasteiger partial charge in [-0.05, 0) is 56.9 Å².